The highest BCUT2D eigenvalue weighted by Crippen LogP contribution is 2.18. The van der Waals surface area contributed by atoms with Gasteiger partial charge in [-0.25, -0.2) is 0 Å². The van der Waals surface area contributed by atoms with E-state index in [1.165, 1.54) is 19.3 Å². The molecule has 0 saturated carbocycles. The lowest BCUT2D eigenvalue weighted by molar-refractivity contribution is -0.136. The molecule has 0 aromatic heterocycles. The smallest absolute Gasteiger partial charge is 0.238 e. The van der Waals surface area contributed by atoms with Crippen LogP contribution in [0.15, 0.2) is 0 Å². The van der Waals surface area contributed by atoms with Gasteiger partial charge in [-0.05, 0) is 25.1 Å². The molecule has 0 aliphatic carbocycles. The first-order valence-electron chi connectivity index (χ1n) is 6.82. The number of hydrogen-bond acceptors (Lipinski definition) is 3. The Balaban J connectivity index is 2.60. The Morgan fingerprint density at radius 2 is 2.05 bits per heavy atom. The number of thiocarbonyl (C=S) groups is 1. The van der Waals surface area contributed by atoms with Gasteiger partial charge in [-0.3, -0.25) is 14.5 Å². The van der Waals surface area contributed by atoms with Gasteiger partial charge in [0.2, 0.25) is 11.8 Å². The molecule has 0 aromatic rings. The van der Waals surface area contributed by atoms with Gasteiger partial charge in [-0.15, -0.1) is 0 Å². The van der Waals surface area contributed by atoms with Gasteiger partial charge in [0.25, 0.3) is 0 Å². The topological polar surface area (TPSA) is 49.4 Å². The predicted molar refractivity (Wildman–Crippen MR) is 83.2 cm³/mol. The second-order valence-electron chi connectivity index (χ2n) is 4.77. The van der Waals surface area contributed by atoms with Crippen molar-refractivity contribution in [2.24, 2.45) is 0 Å². The normalized spacial score (nSPS) is 17.6. The number of amides is 2. The summed E-state index contributed by atoms with van der Waals surface area (Å²) in [6.07, 6.45) is 6.38. The van der Waals surface area contributed by atoms with Crippen molar-refractivity contribution >= 4 is 45.1 Å². The number of nitrogens with zero attached hydrogens (tertiary/aromatic N) is 1. The molecule has 0 unspecified atom stereocenters. The lowest BCUT2D eigenvalue weighted by atomic mass is 10.0. The van der Waals surface area contributed by atoms with Crippen molar-refractivity contribution in [1.82, 2.24) is 10.2 Å². The van der Waals surface area contributed by atoms with Gasteiger partial charge >= 0.3 is 0 Å². The summed E-state index contributed by atoms with van der Waals surface area (Å²) in [6, 6.07) is 0.0943. The van der Waals surface area contributed by atoms with Gasteiger partial charge < -0.3 is 5.32 Å². The largest absolute Gasteiger partial charge is 0.302 e. The Morgan fingerprint density at radius 1 is 1.32 bits per heavy atom. The molecule has 4 nitrogen and oxygen atoms in total. The van der Waals surface area contributed by atoms with E-state index in [4.69, 9.17) is 12.2 Å². The maximum atomic E-state index is 12.0. The Hall–Kier alpha value is -0.490. The third kappa shape index (κ3) is 5.18. The number of unbranched alkanes of at least 4 members (excludes halogenated alkanes) is 3. The van der Waals surface area contributed by atoms with E-state index in [1.807, 2.05) is 0 Å². The van der Waals surface area contributed by atoms with Crippen LogP contribution in [-0.4, -0.2) is 33.2 Å². The molecule has 6 heteroatoms. The lowest BCUT2D eigenvalue weighted by Gasteiger charge is -2.34. The van der Waals surface area contributed by atoms with Gasteiger partial charge in [0.1, 0.15) is 6.42 Å². The Kier molecular flexibility index (Phi) is 7.53. The molecule has 2 amide bonds. The summed E-state index contributed by atoms with van der Waals surface area (Å²) >= 11 is 8.55. The van der Waals surface area contributed by atoms with E-state index in [9.17, 15) is 9.59 Å². The number of rotatable bonds is 8. The van der Waals surface area contributed by atoms with E-state index < -0.39 is 0 Å². The van der Waals surface area contributed by atoms with Gasteiger partial charge in [0.15, 0.2) is 5.11 Å². The molecule has 1 aliphatic heterocycles. The van der Waals surface area contributed by atoms with Crippen molar-refractivity contribution in [2.75, 3.05) is 5.33 Å². The monoisotopic (exact) mass is 348 g/mol. The average Bonchev–Trinajstić information content (AvgIpc) is 2.33. The summed E-state index contributed by atoms with van der Waals surface area (Å²) in [7, 11) is 0. The third-order valence-electron chi connectivity index (χ3n) is 3.24. The summed E-state index contributed by atoms with van der Waals surface area (Å²) in [5.41, 5.74) is 0. The van der Waals surface area contributed by atoms with E-state index in [2.05, 4.69) is 28.2 Å². The fraction of sp³-hybridized carbons (Fsp3) is 0.769. The summed E-state index contributed by atoms with van der Waals surface area (Å²) in [4.78, 5) is 24.8. The number of hydrogen-bond donors (Lipinski definition) is 1. The first-order valence-corrected chi connectivity index (χ1v) is 8.35. The van der Waals surface area contributed by atoms with Crippen LogP contribution in [0.25, 0.3) is 0 Å². The molecule has 0 radical (unpaired) electrons. The van der Waals surface area contributed by atoms with Crippen LogP contribution >= 0.6 is 28.1 Å². The fourth-order valence-electron chi connectivity index (χ4n) is 2.26. The highest BCUT2D eigenvalue weighted by atomic mass is 79.9. The average molecular weight is 349 g/mol. The van der Waals surface area contributed by atoms with E-state index in [0.717, 1.165) is 24.6 Å². The van der Waals surface area contributed by atoms with Crippen molar-refractivity contribution in [1.29, 1.82) is 0 Å². The quantitative estimate of drug-likeness (QED) is 0.317. The van der Waals surface area contributed by atoms with Crippen LogP contribution in [0.3, 0.4) is 0 Å². The molecule has 1 heterocycles. The Bertz CT molecular complexity index is 330. The molecule has 0 aromatic carbocycles. The first kappa shape index (κ1) is 16.6. The minimum atomic E-state index is -0.296. The fourth-order valence-corrected chi connectivity index (χ4v) is 3.16. The number of carbonyl (C=O) groups is 2. The van der Waals surface area contributed by atoms with Crippen LogP contribution < -0.4 is 5.32 Å². The van der Waals surface area contributed by atoms with Crippen molar-refractivity contribution < 1.29 is 9.59 Å². The van der Waals surface area contributed by atoms with Crippen LogP contribution in [0, 0.1) is 0 Å². The Morgan fingerprint density at radius 3 is 2.63 bits per heavy atom. The zero-order chi connectivity index (χ0) is 14.3. The highest BCUT2D eigenvalue weighted by Gasteiger charge is 2.32. The molecule has 108 valence electrons. The Labute approximate surface area is 128 Å². The summed E-state index contributed by atoms with van der Waals surface area (Å²) in [5.74, 6) is -0.468. The molecule has 1 fully saturated rings. The number of nitrogens with one attached hydrogen (secondary N) is 1. The minimum absolute atomic E-state index is 0.0894. The van der Waals surface area contributed by atoms with Crippen LogP contribution in [0.1, 0.15) is 51.9 Å². The predicted octanol–water partition coefficient (Wildman–Crippen LogP) is 2.74. The van der Waals surface area contributed by atoms with Crippen LogP contribution in [0.2, 0.25) is 0 Å². The van der Waals surface area contributed by atoms with Crippen LogP contribution in [0.4, 0.5) is 0 Å². The summed E-state index contributed by atoms with van der Waals surface area (Å²) in [5, 5.41) is 3.67. The van der Waals surface area contributed by atoms with Crippen LogP contribution in [-0.2, 0) is 9.59 Å². The molecule has 1 rings (SSSR count). The minimum Gasteiger partial charge on any atom is -0.302 e. The lowest BCUT2D eigenvalue weighted by Crippen LogP contribution is -2.56. The maximum Gasteiger partial charge on any atom is 0.238 e. The molecule has 1 atom stereocenters. The van der Waals surface area contributed by atoms with E-state index in [-0.39, 0.29) is 29.4 Å². The van der Waals surface area contributed by atoms with E-state index in [0.29, 0.717) is 0 Å². The highest BCUT2D eigenvalue weighted by molar-refractivity contribution is 9.09. The standard InChI is InChI=1S/C13H21BrN2O2S/c1-2-3-4-5-6-10(7-8-14)16-12(18)9-11(17)15-13(16)19/h10H,2-9H2,1H3,(H,15,17,19)/t10-/m0/s1. The van der Waals surface area contributed by atoms with Gasteiger partial charge in [-0.2, -0.15) is 0 Å². The molecule has 1 N–H and O–H groups in total. The second kappa shape index (κ2) is 8.64. The number of halogens is 1. The summed E-state index contributed by atoms with van der Waals surface area (Å²) in [6.45, 7) is 2.18. The van der Waals surface area contributed by atoms with Crippen molar-refractivity contribution in [3.63, 3.8) is 0 Å². The zero-order valence-electron chi connectivity index (χ0n) is 11.3. The zero-order valence-corrected chi connectivity index (χ0v) is 13.7. The SMILES string of the molecule is CCCCCC[C@@H](CCBr)N1C(=O)CC(=O)NC1=S. The van der Waals surface area contributed by atoms with E-state index >= 15 is 0 Å². The van der Waals surface area contributed by atoms with Crippen molar-refractivity contribution in [3.8, 4) is 0 Å². The third-order valence-corrected chi connectivity index (χ3v) is 4.00. The maximum absolute atomic E-state index is 12.0. The van der Waals surface area contributed by atoms with E-state index in [1.54, 1.807) is 4.90 Å². The molecule has 1 aliphatic rings. The van der Waals surface area contributed by atoms with Crippen LogP contribution in [0.5, 0.6) is 0 Å². The van der Waals surface area contributed by atoms with Gasteiger partial charge in [-0.1, -0.05) is 48.5 Å². The molecule has 1 saturated heterocycles. The molecule has 0 spiro atoms. The summed E-state index contributed by atoms with van der Waals surface area (Å²) < 4.78 is 0. The first-order chi connectivity index (χ1) is 9.10. The number of alkyl halides is 1. The van der Waals surface area contributed by atoms with Gasteiger partial charge in [0, 0.05) is 11.4 Å². The molecular formula is C13H21BrN2O2S. The van der Waals surface area contributed by atoms with Gasteiger partial charge in [0.05, 0.1) is 0 Å². The molecule has 19 heavy (non-hydrogen) atoms. The number of carbonyl (C=O) groups excluding carboxylic acids is 2. The van der Waals surface area contributed by atoms with Crippen molar-refractivity contribution in [3.05, 3.63) is 0 Å². The molecular weight excluding hydrogens is 328 g/mol. The second-order valence-corrected chi connectivity index (χ2v) is 5.95. The molecule has 0 bridgehead atoms. The van der Waals surface area contributed by atoms with Crippen molar-refractivity contribution in [2.45, 2.75) is 57.9 Å².